The van der Waals surface area contributed by atoms with E-state index in [9.17, 15) is 0 Å². The van der Waals surface area contributed by atoms with E-state index in [-0.39, 0.29) is 0 Å². The molecule has 0 spiro atoms. The molecule has 0 heterocycles. The van der Waals surface area contributed by atoms with Gasteiger partial charge in [-0.3, -0.25) is 0 Å². The predicted octanol–water partition coefficient (Wildman–Crippen LogP) is 3.05. The maximum Gasteiger partial charge on any atom is 0.0184 e. The van der Waals surface area contributed by atoms with E-state index >= 15 is 0 Å². The molecule has 0 aliphatic rings. The third kappa shape index (κ3) is 11.7. The maximum absolute atomic E-state index is 3.93. The van der Waals surface area contributed by atoms with Gasteiger partial charge in [0.25, 0.3) is 0 Å². The van der Waals surface area contributed by atoms with E-state index in [2.05, 4.69) is 37.7 Å². The number of likely N-dealkylation sites (N-methyl/N-ethyl adjacent to an activating group) is 1. The molecule has 0 aliphatic heterocycles. The van der Waals surface area contributed by atoms with Gasteiger partial charge in [0.2, 0.25) is 0 Å². The first-order valence-corrected chi connectivity index (χ1v) is 6.70. The van der Waals surface area contributed by atoms with Crippen LogP contribution in [0.25, 0.3) is 0 Å². The van der Waals surface area contributed by atoms with Gasteiger partial charge in [-0.2, -0.15) is 0 Å². The van der Waals surface area contributed by atoms with E-state index in [0.717, 1.165) is 6.54 Å². The predicted molar refractivity (Wildman–Crippen MR) is 73.9 cm³/mol. The summed E-state index contributed by atoms with van der Waals surface area (Å²) in [4.78, 5) is 2.36. The maximum atomic E-state index is 3.93. The minimum Gasteiger partial charge on any atom is -0.317 e. The molecule has 16 heavy (non-hydrogen) atoms. The Hall–Kier alpha value is -0.340. The standard InChI is InChI=1S/C14H30N2/c1-5-10-15-11-8-6-7-9-12-16(4)13-14(2)3/h15H,2,5-13H2,1,3-4H3. The van der Waals surface area contributed by atoms with E-state index < -0.39 is 0 Å². The highest BCUT2D eigenvalue weighted by atomic mass is 15.1. The topological polar surface area (TPSA) is 15.3 Å². The first-order chi connectivity index (χ1) is 7.66. The second-order valence-electron chi connectivity index (χ2n) is 4.86. The fraction of sp³-hybridized carbons (Fsp3) is 0.857. The monoisotopic (exact) mass is 226 g/mol. The van der Waals surface area contributed by atoms with Crippen LogP contribution in [-0.4, -0.2) is 38.1 Å². The van der Waals surface area contributed by atoms with Crippen LogP contribution in [0.2, 0.25) is 0 Å². The molecule has 0 aliphatic carbocycles. The summed E-state index contributed by atoms with van der Waals surface area (Å²) in [5.74, 6) is 0. The first kappa shape index (κ1) is 15.7. The molecule has 0 unspecified atom stereocenters. The van der Waals surface area contributed by atoms with Crippen LogP contribution in [0.15, 0.2) is 12.2 Å². The Labute approximate surface area is 102 Å². The molecule has 0 atom stereocenters. The van der Waals surface area contributed by atoms with Crippen LogP contribution in [0.5, 0.6) is 0 Å². The van der Waals surface area contributed by atoms with Crippen molar-refractivity contribution in [3.63, 3.8) is 0 Å². The molecule has 2 heteroatoms. The summed E-state index contributed by atoms with van der Waals surface area (Å²) >= 11 is 0. The van der Waals surface area contributed by atoms with Crippen LogP contribution in [-0.2, 0) is 0 Å². The molecule has 0 aromatic rings. The van der Waals surface area contributed by atoms with Crippen molar-refractivity contribution in [2.24, 2.45) is 0 Å². The number of unbranched alkanes of at least 4 members (excludes halogenated alkanes) is 3. The lowest BCUT2D eigenvalue weighted by Gasteiger charge is -2.16. The Bertz CT molecular complexity index is 166. The summed E-state index contributed by atoms with van der Waals surface area (Å²) in [6.07, 6.45) is 6.60. The third-order valence-electron chi connectivity index (χ3n) is 2.61. The summed E-state index contributed by atoms with van der Waals surface area (Å²) in [6, 6.07) is 0. The van der Waals surface area contributed by atoms with Crippen LogP contribution >= 0.6 is 0 Å². The molecule has 2 nitrogen and oxygen atoms in total. The van der Waals surface area contributed by atoms with E-state index in [1.54, 1.807) is 0 Å². The van der Waals surface area contributed by atoms with Crippen molar-refractivity contribution in [3.05, 3.63) is 12.2 Å². The molecule has 1 N–H and O–H groups in total. The Morgan fingerprint density at radius 2 is 1.81 bits per heavy atom. The van der Waals surface area contributed by atoms with Gasteiger partial charge < -0.3 is 10.2 Å². The Morgan fingerprint density at radius 3 is 2.44 bits per heavy atom. The lowest BCUT2D eigenvalue weighted by molar-refractivity contribution is 0.349. The van der Waals surface area contributed by atoms with Crippen LogP contribution in [0.1, 0.15) is 46.0 Å². The quantitative estimate of drug-likeness (QED) is 0.430. The molecule has 0 aromatic carbocycles. The molecule has 96 valence electrons. The van der Waals surface area contributed by atoms with Gasteiger partial charge in [0.15, 0.2) is 0 Å². The minimum absolute atomic E-state index is 1.04. The van der Waals surface area contributed by atoms with Crippen molar-refractivity contribution in [1.29, 1.82) is 0 Å². The molecule has 0 rings (SSSR count). The smallest absolute Gasteiger partial charge is 0.0184 e. The van der Waals surface area contributed by atoms with Crippen molar-refractivity contribution in [2.75, 3.05) is 33.2 Å². The zero-order chi connectivity index (χ0) is 12.2. The van der Waals surface area contributed by atoms with Gasteiger partial charge in [-0.25, -0.2) is 0 Å². The van der Waals surface area contributed by atoms with Gasteiger partial charge in [0.05, 0.1) is 0 Å². The molecule has 0 amide bonds. The average Bonchev–Trinajstić information content (AvgIpc) is 2.21. The third-order valence-corrected chi connectivity index (χ3v) is 2.61. The largest absolute Gasteiger partial charge is 0.317 e. The van der Waals surface area contributed by atoms with Gasteiger partial charge in [-0.1, -0.05) is 31.9 Å². The van der Waals surface area contributed by atoms with Crippen molar-refractivity contribution in [2.45, 2.75) is 46.0 Å². The lowest BCUT2D eigenvalue weighted by atomic mass is 10.2. The zero-order valence-corrected chi connectivity index (χ0v) is 11.5. The molecule has 0 saturated carbocycles. The van der Waals surface area contributed by atoms with Crippen molar-refractivity contribution in [1.82, 2.24) is 10.2 Å². The Balaban J connectivity index is 3.11. The summed E-state index contributed by atoms with van der Waals surface area (Å²) < 4.78 is 0. The molecular weight excluding hydrogens is 196 g/mol. The number of hydrogen-bond acceptors (Lipinski definition) is 2. The number of nitrogens with zero attached hydrogens (tertiary/aromatic N) is 1. The first-order valence-electron chi connectivity index (χ1n) is 6.70. The van der Waals surface area contributed by atoms with Gasteiger partial charge in [0.1, 0.15) is 0 Å². The van der Waals surface area contributed by atoms with E-state index in [1.807, 2.05) is 0 Å². The molecular formula is C14H30N2. The van der Waals surface area contributed by atoms with E-state index in [1.165, 1.54) is 57.3 Å². The van der Waals surface area contributed by atoms with Gasteiger partial charge in [0, 0.05) is 6.54 Å². The summed E-state index contributed by atoms with van der Waals surface area (Å²) in [5.41, 5.74) is 1.26. The van der Waals surface area contributed by atoms with Crippen molar-refractivity contribution >= 4 is 0 Å². The van der Waals surface area contributed by atoms with E-state index in [0.29, 0.717) is 0 Å². The highest BCUT2D eigenvalue weighted by Crippen LogP contribution is 2.01. The highest BCUT2D eigenvalue weighted by Gasteiger charge is 1.97. The van der Waals surface area contributed by atoms with Crippen LogP contribution in [0.4, 0.5) is 0 Å². The fourth-order valence-corrected chi connectivity index (χ4v) is 1.83. The second-order valence-corrected chi connectivity index (χ2v) is 4.86. The molecule has 0 aromatic heterocycles. The van der Waals surface area contributed by atoms with Crippen LogP contribution in [0.3, 0.4) is 0 Å². The number of nitrogens with one attached hydrogen (secondary N) is 1. The van der Waals surface area contributed by atoms with Gasteiger partial charge in [-0.05, 0) is 52.9 Å². The molecule has 0 fully saturated rings. The average molecular weight is 226 g/mol. The Morgan fingerprint density at radius 1 is 1.12 bits per heavy atom. The summed E-state index contributed by atoms with van der Waals surface area (Å²) in [6.45, 7) is 12.8. The van der Waals surface area contributed by atoms with Crippen LogP contribution in [0, 0.1) is 0 Å². The fourth-order valence-electron chi connectivity index (χ4n) is 1.83. The van der Waals surface area contributed by atoms with Gasteiger partial charge in [-0.15, -0.1) is 0 Å². The molecule has 0 saturated heterocycles. The van der Waals surface area contributed by atoms with E-state index in [4.69, 9.17) is 0 Å². The van der Waals surface area contributed by atoms with Crippen LogP contribution < -0.4 is 5.32 Å². The SMILES string of the molecule is C=C(C)CN(C)CCCCCCNCCC. The molecule has 0 bridgehead atoms. The number of rotatable bonds is 11. The molecule has 0 radical (unpaired) electrons. The normalized spacial score (nSPS) is 11.0. The zero-order valence-electron chi connectivity index (χ0n) is 11.5. The van der Waals surface area contributed by atoms with Crippen molar-refractivity contribution < 1.29 is 0 Å². The second kappa shape index (κ2) is 11.2. The van der Waals surface area contributed by atoms with Gasteiger partial charge >= 0.3 is 0 Å². The summed E-state index contributed by atoms with van der Waals surface area (Å²) in [5, 5.41) is 3.44. The van der Waals surface area contributed by atoms with Crippen molar-refractivity contribution in [3.8, 4) is 0 Å². The summed E-state index contributed by atoms with van der Waals surface area (Å²) in [7, 11) is 2.18. The highest BCUT2D eigenvalue weighted by molar-refractivity contribution is 4.90. The lowest BCUT2D eigenvalue weighted by Crippen LogP contribution is -2.21. The number of hydrogen-bond donors (Lipinski definition) is 1. The minimum atomic E-state index is 1.04. The Kier molecular flexibility index (Phi) is 10.9.